The first-order valence-electron chi connectivity index (χ1n) is 9.00. The van der Waals surface area contributed by atoms with E-state index in [1.54, 1.807) is 24.3 Å². The minimum Gasteiger partial charge on any atom is -0.268 e. The minimum absolute atomic E-state index is 0.203. The summed E-state index contributed by atoms with van der Waals surface area (Å²) in [7, 11) is -3.31. The summed E-state index contributed by atoms with van der Waals surface area (Å²) < 4.78 is 38.3. The standard InChI is InChI=1S/C21H19FN2O3S/c1-28(26,27)18-10-6-15(7-11-18)19-12-20(25)24(13-14-2-3-14)23-21(19)16-4-8-17(22)9-5-16/h4-12,14H,2-3,13H2,1H3. The SMILES string of the molecule is CS(=O)(=O)c1ccc(-c2cc(=O)n(CC3CC3)nc2-c2ccc(F)cc2)cc1. The Labute approximate surface area is 162 Å². The molecule has 0 saturated heterocycles. The smallest absolute Gasteiger partial charge is 0.267 e. The van der Waals surface area contributed by atoms with Crippen LogP contribution in [0.1, 0.15) is 12.8 Å². The summed E-state index contributed by atoms with van der Waals surface area (Å²) in [5.41, 5.74) is 2.30. The van der Waals surface area contributed by atoms with Crippen molar-refractivity contribution in [2.45, 2.75) is 24.3 Å². The van der Waals surface area contributed by atoms with E-state index < -0.39 is 9.84 Å². The van der Waals surface area contributed by atoms with Crippen LogP contribution in [-0.4, -0.2) is 24.5 Å². The van der Waals surface area contributed by atoms with Crippen LogP contribution >= 0.6 is 0 Å². The molecule has 0 atom stereocenters. The second-order valence-corrected chi connectivity index (χ2v) is 9.19. The Kier molecular flexibility index (Phi) is 4.63. The van der Waals surface area contributed by atoms with E-state index >= 15 is 0 Å². The van der Waals surface area contributed by atoms with Gasteiger partial charge in [0, 0.05) is 30.0 Å². The highest BCUT2D eigenvalue weighted by molar-refractivity contribution is 7.90. The molecule has 0 unspecified atom stereocenters. The molecule has 0 spiro atoms. The number of benzene rings is 2. The van der Waals surface area contributed by atoms with Crippen LogP contribution in [0.2, 0.25) is 0 Å². The zero-order valence-electron chi connectivity index (χ0n) is 15.3. The van der Waals surface area contributed by atoms with Gasteiger partial charge in [-0.3, -0.25) is 4.79 Å². The van der Waals surface area contributed by atoms with Crippen LogP contribution in [0.25, 0.3) is 22.4 Å². The lowest BCUT2D eigenvalue weighted by molar-refractivity contribution is 0.536. The number of nitrogens with zero attached hydrogens (tertiary/aromatic N) is 2. The molecule has 1 aliphatic carbocycles. The minimum atomic E-state index is -3.31. The summed E-state index contributed by atoms with van der Waals surface area (Å²) in [4.78, 5) is 12.8. The monoisotopic (exact) mass is 398 g/mol. The van der Waals surface area contributed by atoms with Gasteiger partial charge < -0.3 is 0 Å². The molecular formula is C21H19FN2O3S. The topological polar surface area (TPSA) is 69.0 Å². The molecule has 3 aromatic rings. The van der Waals surface area contributed by atoms with E-state index in [0.717, 1.165) is 19.1 Å². The first-order chi connectivity index (χ1) is 13.3. The van der Waals surface area contributed by atoms with Gasteiger partial charge in [0.1, 0.15) is 5.82 Å². The molecule has 144 valence electrons. The highest BCUT2D eigenvalue weighted by Crippen LogP contribution is 2.32. The molecule has 1 aromatic heterocycles. The predicted molar refractivity (Wildman–Crippen MR) is 105 cm³/mol. The van der Waals surface area contributed by atoms with Crippen molar-refractivity contribution in [3.8, 4) is 22.4 Å². The van der Waals surface area contributed by atoms with E-state index in [0.29, 0.717) is 34.8 Å². The van der Waals surface area contributed by atoms with Gasteiger partial charge in [0.15, 0.2) is 9.84 Å². The van der Waals surface area contributed by atoms with Gasteiger partial charge in [-0.05, 0) is 60.7 Å². The first kappa shape index (κ1) is 18.6. The molecule has 0 aliphatic heterocycles. The van der Waals surface area contributed by atoms with E-state index in [1.807, 2.05) is 0 Å². The van der Waals surface area contributed by atoms with Crippen molar-refractivity contribution in [1.29, 1.82) is 0 Å². The third-order valence-corrected chi connectivity index (χ3v) is 5.97. The van der Waals surface area contributed by atoms with Crippen LogP contribution in [0.15, 0.2) is 64.3 Å². The highest BCUT2D eigenvalue weighted by atomic mass is 32.2. The van der Waals surface area contributed by atoms with Crippen LogP contribution in [0.3, 0.4) is 0 Å². The Hall–Kier alpha value is -2.80. The van der Waals surface area contributed by atoms with Crippen molar-refractivity contribution >= 4 is 9.84 Å². The summed E-state index contributed by atoms with van der Waals surface area (Å²) in [5, 5.41) is 4.56. The number of hydrogen-bond acceptors (Lipinski definition) is 4. The lowest BCUT2D eigenvalue weighted by atomic mass is 10.00. The van der Waals surface area contributed by atoms with Crippen LogP contribution in [0.4, 0.5) is 4.39 Å². The normalized spacial score (nSPS) is 14.2. The average molecular weight is 398 g/mol. The van der Waals surface area contributed by atoms with Crippen molar-refractivity contribution in [2.75, 3.05) is 6.26 Å². The molecule has 7 heteroatoms. The van der Waals surface area contributed by atoms with E-state index in [4.69, 9.17) is 0 Å². The summed E-state index contributed by atoms with van der Waals surface area (Å²) in [6.07, 6.45) is 3.33. The first-order valence-corrected chi connectivity index (χ1v) is 10.9. The second-order valence-electron chi connectivity index (χ2n) is 7.17. The zero-order chi connectivity index (χ0) is 19.9. The molecule has 1 heterocycles. The molecule has 0 amide bonds. The van der Waals surface area contributed by atoms with Crippen LogP contribution in [0.5, 0.6) is 0 Å². The molecule has 1 fully saturated rings. The van der Waals surface area contributed by atoms with Gasteiger partial charge in [-0.1, -0.05) is 12.1 Å². The quantitative estimate of drug-likeness (QED) is 0.659. The maximum Gasteiger partial charge on any atom is 0.267 e. The predicted octanol–water partition coefficient (Wildman–Crippen LogP) is 3.53. The fraction of sp³-hybridized carbons (Fsp3) is 0.238. The summed E-state index contributed by atoms with van der Waals surface area (Å²) in [6, 6.07) is 13.8. The number of rotatable bonds is 5. The molecule has 2 aromatic carbocycles. The van der Waals surface area contributed by atoms with E-state index in [9.17, 15) is 17.6 Å². The average Bonchev–Trinajstić information content (AvgIpc) is 3.47. The second kappa shape index (κ2) is 6.98. The number of hydrogen-bond donors (Lipinski definition) is 0. The lowest BCUT2D eigenvalue weighted by Gasteiger charge is -2.13. The van der Waals surface area contributed by atoms with Gasteiger partial charge in [0.05, 0.1) is 10.6 Å². The fourth-order valence-corrected chi connectivity index (χ4v) is 3.72. The van der Waals surface area contributed by atoms with Crippen LogP contribution in [-0.2, 0) is 16.4 Å². The van der Waals surface area contributed by atoms with Crippen molar-refractivity contribution in [3.63, 3.8) is 0 Å². The Morgan fingerprint density at radius 1 is 1.04 bits per heavy atom. The number of aromatic nitrogens is 2. The molecule has 0 N–H and O–H groups in total. The Bertz CT molecular complexity index is 1180. The number of sulfone groups is 1. The zero-order valence-corrected chi connectivity index (χ0v) is 16.1. The molecule has 5 nitrogen and oxygen atoms in total. The highest BCUT2D eigenvalue weighted by Gasteiger charge is 2.23. The Morgan fingerprint density at radius 2 is 1.64 bits per heavy atom. The van der Waals surface area contributed by atoms with E-state index in [-0.39, 0.29) is 16.3 Å². The van der Waals surface area contributed by atoms with Crippen molar-refractivity contribution < 1.29 is 12.8 Å². The van der Waals surface area contributed by atoms with E-state index in [1.165, 1.54) is 35.0 Å². The lowest BCUT2D eigenvalue weighted by Crippen LogP contribution is -2.24. The van der Waals surface area contributed by atoms with Crippen LogP contribution in [0, 0.1) is 11.7 Å². The number of halogens is 1. The maximum atomic E-state index is 13.4. The largest absolute Gasteiger partial charge is 0.268 e. The van der Waals surface area contributed by atoms with Gasteiger partial charge in [-0.15, -0.1) is 0 Å². The molecule has 0 bridgehead atoms. The summed E-state index contributed by atoms with van der Waals surface area (Å²) >= 11 is 0. The Balaban J connectivity index is 1.86. The third-order valence-electron chi connectivity index (χ3n) is 4.84. The van der Waals surface area contributed by atoms with Crippen molar-refractivity contribution in [3.05, 3.63) is 70.8 Å². The summed E-state index contributed by atoms with van der Waals surface area (Å²) in [6.45, 7) is 0.570. The van der Waals surface area contributed by atoms with Crippen LogP contribution < -0.4 is 5.56 Å². The fourth-order valence-electron chi connectivity index (χ4n) is 3.09. The van der Waals surface area contributed by atoms with Gasteiger partial charge in [-0.2, -0.15) is 5.10 Å². The molecule has 28 heavy (non-hydrogen) atoms. The molecule has 4 rings (SSSR count). The summed E-state index contributed by atoms with van der Waals surface area (Å²) in [5.74, 6) is 0.125. The molecular weight excluding hydrogens is 379 g/mol. The maximum absolute atomic E-state index is 13.4. The van der Waals surface area contributed by atoms with Gasteiger partial charge in [-0.25, -0.2) is 17.5 Å². The Morgan fingerprint density at radius 3 is 2.21 bits per heavy atom. The molecule has 1 aliphatic rings. The molecule has 0 radical (unpaired) electrons. The third kappa shape index (κ3) is 3.89. The van der Waals surface area contributed by atoms with Gasteiger partial charge in [0.25, 0.3) is 5.56 Å². The van der Waals surface area contributed by atoms with Gasteiger partial charge >= 0.3 is 0 Å². The van der Waals surface area contributed by atoms with E-state index in [2.05, 4.69) is 5.10 Å². The van der Waals surface area contributed by atoms with Gasteiger partial charge in [0.2, 0.25) is 0 Å². The van der Waals surface area contributed by atoms with Crippen molar-refractivity contribution in [1.82, 2.24) is 9.78 Å². The molecule has 1 saturated carbocycles. The van der Waals surface area contributed by atoms with Crippen molar-refractivity contribution in [2.24, 2.45) is 5.92 Å².